The zero-order chi connectivity index (χ0) is 18.2. The maximum atomic E-state index is 13.8. The lowest BCUT2D eigenvalue weighted by molar-refractivity contribution is 0.600. The van der Waals surface area contributed by atoms with Gasteiger partial charge < -0.3 is 0 Å². The Morgan fingerprint density at radius 2 is 1.96 bits per heavy atom. The Kier molecular flexibility index (Phi) is 4.95. The first-order valence-corrected chi connectivity index (χ1v) is 10.8. The molecule has 25 heavy (non-hydrogen) atoms. The number of nitrogens with one attached hydrogen (secondary N) is 1. The Labute approximate surface area is 154 Å². The average molecular weight is 397 g/mol. The van der Waals surface area contributed by atoms with Crippen molar-refractivity contribution in [1.82, 2.24) is 4.98 Å². The fourth-order valence-electron chi connectivity index (χ4n) is 2.16. The van der Waals surface area contributed by atoms with Crippen LogP contribution in [0.25, 0.3) is 9.88 Å². The molecule has 8 heteroatoms. The standard InChI is InChI=1S/C17H17FN2O2S3/c1-10(2)14-9-23-17(19-14)15-6-7-16(24-15)25(21,22)20-13-8-11(3)4-5-12(13)18/h4-10,20H,1-3H3. The topological polar surface area (TPSA) is 59.1 Å². The lowest BCUT2D eigenvalue weighted by Crippen LogP contribution is -2.12. The monoisotopic (exact) mass is 396 g/mol. The lowest BCUT2D eigenvalue weighted by Gasteiger charge is -2.08. The van der Waals surface area contributed by atoms with Crippen LogP contribution in [0, 0.1) is 12.7 Å². The van der Waals surface area contributed by atoms with Gasteiger partial charge in [-0.2, -0.15) is 0 Å². The van der Waals surface area contributed by atoms with E-state index in [1.807, 2.05) is 5.38 Å². The number of thiophene rings is 1. The van der Waals surface area contributed by atoms with E-state index in [1.165, 1.54) is 29.5 Å². The molecular weight excluding hydrogens is 379 g/mol. The molecule has 3 rings (SSSR count). The first-order valence-electron chi connectivity index (χ1n) is 7.61. The van der Waals surface area contributed by atoms with Crippen LogP contribution in [0.3, 0.4) is 0 Å². The molecule has 2 heterocycles. The van der Waals surface area contributed by atoms with Crippen molar-refractivity contribution in [1.29, 1.82) is 0 Å². The van der Waals surface area contributed by atoms with Gasteiger partial charge in [0.05, 0.1) is 16.3 Å². The summed E-state index contributed by atoms with van der Waals surface area (Å²) in [5, 5.41) is 2.77. The quantitative estimate of drug-likeness (QED) is 0.641. The number of aryl methyl sites for hydroxylation is 1. The fourth-order valence-corrected chi connectivity index (χ4v) is 5.57. The van der Waals surface area contributed by atoms with E-state index < -0.39 is 15.8 Å². The van der Waals surface area contributed by atoms with Crippen LogP contribution >= 0.6 is 22.7 Å². The van der Waals surface area contributed by atoms with Crippen molar-refractivity contribution in [3.05, 3.63) is 52.8 Å². The molecule has 0 atom stereocenters. The number of aromatic nitrogens is 1. The van der Waals surface area contributed by atoms with E-state index in [0.29, 0.717) is 5.92 Å². The highest BCUT2D eigenvalue weighted by Crippen LogP contribution is 2.34. The highest BCUT2D eigenvalue weighted by molar-refractivity contribution is 7.94. The Morgan fingerprint density at radius 1 is 1.20 bits per heavy atom. The molecule has 0 radical (unpaired) electrons. The molecule has 0 fully saturated rings. The zero-order valence-corrected chi connectivity index (χ0v) is 16.4. The van der Waals surface area contributed by atoms with Gasteiger partial charge in [-0.05, 0) is 42.7 Å². The van der Waals surface area contributed by atoms with E-state index in [2.05, 4.69) is 23.6 Å². The largest absolute Gasteiger partial charge is 0.276 e. The first-order chi connectivity index (χ1) is 11.8. The number of rotatable bonds is 5. The summed E-state index contributed by atoms with van der Waals surface area (Å²) >= 11 is 2.61. The normalized spacial score (nSPS) is 11.9. The van der Waals surface area contributed by atoms with Crippen LogP contribution in [0.1, 0.15) is 31.0 Å². The van der Waals surface area contributed by atoms with E-state index in [-0.39, 0.29) is 9.90 Å². The van der Waals surface area contributed by atoms with E-state index in [4.69, 9.17) is 0 Å². The third-order valence-corrected chi connectivity index (χ3v) is 7.51. The summed E-state index contributed by atoms with van der Waals surface area (Å²) < 4.78 is 41.4. The van der Waals surface area contributed by atoms with Crippen LogP contribution < -0.4 is 4.72 Å². The molecule has 4 nitrogen and oxygen atoms in total. The van der Waals surface area contributed by atoms with Crippen molar-refractivity contribution >= 4 is 38.4 Å². The van der Waals surface area contributed by atoms with Crippen molar-refractivity contribution in [2.24, 2.45) is 0 Å². The van der Waals surface area contributed by atoms with Crippen LogP contribution in [0.15, 0.2) is 39.9 Å². The molecule has 0 spiro atoms. The predicted octanol–water partition coefficient (Wildman–Crippen LogP) is 5.24. The van der Waals surface area contributed by atoms with Gasteiger partial charge in [-0.25, -0.2) is 17.8 Å². The second-order valence-corrected chi connectivity index (χ2v) is 9.79. The van der Waals surface area contributed by atoms with Gasteiger partial charge in [0.2, 0.25) is 0 Å². The summed E-state index contributed by atoms with van der Waals surface area (Å²) in [6, 6.07) is 7.56. The SMILES string of the molecule is Cc1ccc(F)c(NS(=O)(=O)c2ccc(-c3nc(C(C)C)cs3)s2)c1. The summed E-state index contributed by atoms with van der Waals surface area (Å²) in [5.74, 6) is -0.286. The number of hydrogen-bond donors (Lipinski definition) is 1. The van der Waals surface area contributed by atoms with Gasteiger partial charge in [-0.1, -0.05) is 19.9 Å². The van der Waals surface area contributed by atoms with Crippen molar-refractivity contribution in [3.63, 3.8) is 0 Å². The number of thiazole rings is 1. The number of anilines is 1. The Hall–Kier alpha value is -1.77. The predicted molar refractivity (Wildman–Crippen MR) is 101 cm³/mol. The van der Waals surface area contributed by atoms with Gasteiger partial charge in [-0.15, -0.1) is 22.7 Å². The van der Waals surface area contributed by atoms with Crippen LogP contribution in [-0.2, 0) is 10.0 Å². The van der Waals surface area contributed by atoms with Gasteiger partial charge in [0.1, 0.15) is 15.0 Å². The molecule has 1 aromatic carbocycles. The van der Waals surface area contributed by atoms with Crippen molar-refractivity contribution in [2.45, 2.75) is 30.9 Å². The minimum absolute atomic E-state index is 0.0497. The molecule has 2 aromatic heterocycles. The summed E-state index contributed by atoms with van der Waals surface area (Å²) in [5.41, 5.74) is 1.71. The summed E-state index contributed by atoms with van der Waals surface area (Å²) in [7, 11) is -3.84. The third kappa shape index (κ3) is 3.91. The first kappa shape index (κ1) is 18.0. The third-order valence-electron chi connectivity index (χ3n) is 3.54. The van der Waals surface area contributed by atoms with Crippen molar-refractivity contribution in [2.75, 3.05) is 4.72 Å². The van der Waals surface area contributed by atoms with Gasteiger partial charge in [-0.3, -0.25) is 4.72 Å². The smallest absolute Gasteiger partial charge is 0.271 e. The molecule has 0 aliphatic carbocycles. The van der Waals surface area contributed by atoms with E-state index in [9.17, 15) is 12.8 Å². The van der Waals surface area contributed by atoms with Gasteiger partial charge in [0, 0.05) is 5.38 Å². The molecule has 1 N–H and O–H groups in total. The Morgan fingerprint density at radius 3 is 2.64 bits per heavy atom. The van der Waals surface area contributed by atoms with Crippen LogP contribution in [-0.4, -0.2) is 13.4 Å². The van der Waals surface area contributed by atoms with Gasteiger partial charge >= 0.3 is 0 Å². The van der Waals surface area contributed by atoms with Crippen LogP contribution in [0.2, 0.25) is 0 Å². The summed E-state index contributed by atoms with van der Waals surface area (Å²) in [6.07, 6.45) is 0. The van der Waals surface area contributed by atoms with E-state index in [0.717, 1.165) is 32.5 Å². The molecule has 0 aliphatic heterocycles. The molecule has 0 saturated carbocycles. The highest BCUT2D eigenvalue weighted by Gasteiger charge is 2.20. The summed E-state index contributed by atoms with van der Waals surface area (Å²) in [6.45, 7) is 5.89. The molecule has 3 aromatic rings. The molecular formula is C17H17FN2O2S3. The minimum Gasteiger partial charge on any atom is -0.276 e. The average Bonchev–Trinajstić information content (AvgIpc) is 3.19. The zero-order valence-electron chi connectivity index (χ0n) is 13.9. The summed E-state index contributed by atoms with van der Waals surface area (Å²) in [4.78, 5) is 5.32. The Bertz CT molecular complexity index is 1010. The molecule has 0 amide bonds. The minimum atomic E-state index is -3.84. The number of halogens is 1. The number of nitrogens with zero attached hydrogens (tertiary/aromatic N) is 1. The maximum Gasteiger partial charge on any atom is 0.271 e. The number of hydrogen-bond acceptors (Lipinski definition) is 5. The molecule has 0 bridgehead atoms. The molecule has 0 unspecified atom stereocenters. The van der Waals surface area contributed by atoms with Crippen LogP contribution in [0.5, 0.6) is 0 Å². The molecule has 0 saturated heterocycles. The fraction of sp³-hybridized carbons (Fsp3) is 0.235. The second-order valence-electron chi connectivity index (χ2n) is 5.94. The number of benzene rings is 1. The lowest BCUT2D eigenvalue weighted by atomic mass is 10.2. The van der Waals surface area contributed by atoms with E-state index in [1.54, 1.807) is 19.1 Å². The maximum absolute atomic E-state index is 13.8. The van der Waals surface area contributed by atoms with Crippen LogP contribution in [0.4, 0.5) is 10.1 Å². The molecule has 132 valence electrons. The van der Waals surface area contributed by atoms with Crippen molar-refractivity contribution in [3.8, 4) is 9.88 Å². The van der Waals surface area contributed by atoms with Gasteiger partial charge in [0.15, 0.2) is 0 Å². The van der Waals surface area contributed by atoms with Crippen molar-refractivity contribution < 1.29 is 12.8 Å². The van der Waals surface area contributed by atoms with E-state index >= 15 is 0 Å². The van der Waals surface area contributed by atoms with Gasteiger partial charge in [0.25, 0.3) is 10.0 Å². The Balaban J connectivity index is 1.88. The highest BCUT2D eigenvalue weighted by atomic mass is 32.2. The molecule has 0 aliphatic rings. The number of sulfonamides is 1. The second kappa shape index (κ2) is 6.86.